The van der Waals surface area contributed by atoms with Gasteiger partial charge in [0.25, 0.3) is 5.91 Å². The summed E-state index contributed by atoms with van der Waals surface area (Å²) >= 11 is 0. The third kappa shape index (κ3) is 3.38. The number of nitrogens with one attached hydrogen (secondary N) is 2. The number of pyridine rings is 1. The van der Waals surface area contributed by atoms with E-state index in [2.05, 4.69) is 15.6 Å². The minimum atomic E-state index is -0.582. The van der Waals surface area contributed by atoms with Crippen molar-refractivity contribution in [2.75, 3.05) is 10.6 Å². The second kappa shape index (κ2) is 5.92. The van der Waals surface area contributed by atoms with Crippen LogP contribution >= 0.6 is 0 Å². The van der Waals surface area contributed by atoms with Crippen molar-refractivity contribution < 1.29 is 14.0 Å². The van der Waals surface area contributed by atoms with Crippen LogP contribution in [0.4, 0.5) is 15.8 Å². The van der Waals surface area contributed by atoms with Crippen LogP contribution in [-0.4, -0.2) is 16.8 Å². The Hall–Kier alpha value is -2.76. The Labute approximate surface area is 114 Å². The molecule has 0 fully saturated rings. The molecule has 2 amide bonds. The van der Waals surface area contributed by atoms with Gasteiger partial charge < -0.3 is 10.6 Å². The lowest BCUT2D eigenvalue weighted by Gasteiger charge is -2.09. The average molecular weight is 273 g/mol. The fourth-order valence-electron chi connectivity index (χ4n) is 1.60. The molecule has 1 heterocycles. The zero-order valence-electron chi connectivity index (χ0n) is 10.7. The highest BCUT2D eigenvalue weighted by molar-refractivity contribution is 6.04. The Balaban J connectivity index is 2.20. The topological polar surface area (TPSA) is 71.1 Å². The molecular formula is C14H12FN3O2. The first-order chi connectivity index (χ1) is 9.56. The van der Waals surface area contributed by atoms with Crippen molar-refractivity contribution in [1.82, 2.24) is 4.98 Å². The zero-order valence-corrected chi connectivity index (χ0v) is 10.7. The normalized spacial score (nSPS) is 9.90. The standard InChI is InChI=1S/C14H12FN3O2/c1-9(19)17-11-2-3-12(15)13(8-11)18-14(20)10-4-6-16-7-5-10/h2-8H,1H3,(H,17,19)(H,18,20). The number of aromatic nitrogens is 1. The summed E-state index contributed by atoms with van der Waals surface area (Å²) in [6.07, 6.45) is 2.94. The highest BCUT2D eigenvalue weighted by Crippen LogP contribution is 2.20. The molecule has 6 heteroatoms. The maximum atomic E-state index is 13.6. The van der Waals surface area contributed by atoms with E-state index in [4.69, 9.17) is 0 Å². The summed E-state index contributed by atoms with van der Waals surface area (Å²) < 4.78 is 13.6. The lowest BCUT2D eigenvalue weighted by atomic mass is 10.2. The second-order valence-electron chi connectivity index (χ2n) is 4.07. The third-order valence-electron chi connectivity index (χ3n) is 2.48. The van der Waals surface area contributed by atoms with E-state index in [-0.39, 0.29) is 11.6 Å². The van der Waals surface area contributed by atoms with Gasteiger partial charge in [0, 0.05) is 30.6 Å². The van der Waals surface area contributed by atoms with Gasteiger partial charge in [0.05, 0.1) is 5.69 Å². The summed E-state index contributed by atoms with van der Waals surface area (Å²) in [7, 11) is 0. The molecule has 102 valence electrons. The highest BCUT2D eigenvalue weighted by Gasteiger charge is 2.10. The first-order valence-corrected chi connectivity index (χ1v) is 5.85. The molecule has 0 aliphatic heterocycles. The average Bonchev–Trinajstić information content (AvgIpc) is 2.43. The predicted molar refractivity (Wildman–Crippen MR) is 72.9 cm³/mol. The second-order valence-corrected chi connectivity index (χ2v) is 4.07. The van der Waals surface area contributed by atoms with Crippen molar-refractivity contribution >= 4 is 23.2 Å². The van der Waals surface area contributed by atoms with Crippen LogP contribution in [0.1, 0.15) is 17.3 Å². The van der Waals surface area contributed by atoms with Crippen LogP contribution in [0.25, 0.3) is 0 Å². The fourth-order valence-corrected chi connectivity index (χ4v) is 1.60. The van der Waals surface area contributed by atoms with Crippen LogP contribution in [0, 0.1) is 5.82 Å². The first kappa shape index (κ1) is 13.7. The van der Waals surface area contributed by atoms with Crippen molar-refractivity contribution in [2.24, 2.45) is 0 Å². The molecular weight excluding hydrogens is 261 g/mol. The molecule has 0 saturated heterocycles. The molecule has 2 N–H and O–H groups in total. The Morgan fingerprint density at radius 1 is 1.10 bits per heavy atom. The SMILES string of the molecule is CC(=O)Nc1ccc(F)c(NC(=O)c2ccncc2)c1. The molecule has 2 aromatic rings. The lowest BCUT2D eigenvalue weighted by Crippen LogP contribution is -2.13. The van der Waals surface area contributed by atoms with Crippen LogP contribution in [0.2, 0.25) is 0 Å². The van der Waals surface area contributed by atoms with Crippen molar-refractivity contribution in [3.05, 3.63) is 54.1 Å². The first-order valence-electron chi connectivity index (χ1n) is 5.85. The number of nitrogens with zero attached hydrogens (tertiary/aromatic N) is 1. The molecule has 0 aliphatic rings. The number of rotatable bonds is 3. The molecule has 0 radical (unpaired) electrons. The van der Waals surface area contributed by atoms with Crippen LogP contribution in [0.5, 0.6) is 0 Å². The van der Waals surface area contributed by atoms with Gasteiger partial charge in [0.1, 0.15) is 5.82 Å². The van der Waals surface area contributed by atoms with Crippen LogP contribution in [0.3, 0.4) is 0 Å². The van der Waals surface area contributed by atoms with Crippen LogP contribution < -0.4 is 10.6 Å². The molecule has 1 aromatic carbocycles. The smallest absolute Gasteiger partial charge is 0.255 e. The largest absolute Gasteiger partial charge is 0.326 e. The Bertz CT molecular complexity index is 644. The monoisotopic (exact) mass is 273 g/mol. The summed E-state index contributed by atoms with van der Waals surface area (Å²) in [5.74, 6) is -1.31. The van der Waals surface area contributed by atoms with E-state index in [1.54, 1.807) is 0 Å². The van der Waals surface area contributed by atoms with Gasteiger partial charge in [0.2, 0.25) is 5.91 Å². The molecule has 0 atom stereocenters. The van der Waals surface area contributed by atoms with Gasteiger partial charge in [-0.1, -0.05) is 0 Å². The van der Waals surface area contributed by atoms with Gasteiger partial charge in [-0.15, -0.1) is 0 Å². The number of carbonyl (C=O) groups excluding carboxylic acids is 2. The summed E-state index contributed by atoms with van der Waals surface area (Å²) in [5.41, 5.74) is 0.770. The summed E-state index contributed by atoms with van der Waals surface area (Å²) in [5, 5.41) is 4.97. The molecule has 1 aromatic heterocycles. The molecule has 0 saturated carbocycles. The van der Waals surface area contributed by atoms with Gasteiger partial charge in [-0.05, 0) is 30.3 Å². The van der Waals surface area contributed by atoms with Gasteiger partial charge in [-0.2, -0.15) is 0 Å². The summed E-state index contributed by atoms with van der Waals surface area (Å²) in [6.45, 7) is 1.35. The Kier molecular flexibility index (Phi) is 4.05. The quantitative estimate of drug-likeness (QED) is 0.902. The number of amides is 2. The highest BCUT2D eigenvalue weighted by atomic mass is 19.1. The van der Waals surface area contributed by atoms with E-state index in [9.17, 15) is 14.0 Å². The Morgan fingerprint density at radius 3 is 2.45 bits per heavy atom. The van der Waals surface area contributed by atoms with Crippen LogP contribution in [-0.2, 0) is 4.79 Å². The molecule has 0 bridgehead atoms. The van der Waals surface area contributed by atoms with Gasteiger partial charge >= 0.3 is 0 Å². The van der Waals surface area contributed by atoms with Crippen molar-refractivity contribution in [3.8, 4) is 0 Å². The fraction of sp³-hybridized carbons (Fsp3) is 0.0714. The number of carbonyl (C=O) groups is 2. The molecule has 2 rings (SSSR count). The number of hydrogen-bond acceptors (Lipinski definition) is 3. The van der Waals surface area contributed by atoms with E-state index in [1.807, 2.05) is 0 Å². The van der Waals surface area contributed by atoms with E-state index in [1.165, 1.54) is 49.6 Å². The van der Waals surface area contributed by atoms with Gasteiger partial charge in [-0.25, -0.2) is 4.39 Å². The Morgan fingerprint density at radius 2 is 1.80 bits per heavy atom. The number of benzene rings is 1. The lowest BCUT2D eigenvalue weighted by molar-refractivity contribution is -0.114. The summed E-state index contributed by atoms with van der Waals surface area (Å²) in [4.78, 5) is 26.7. The molecule has 5 nitrogen and oxygen atoms in total. The summed E-state index contributed by atoms with van der Waals surface area (Å²) in [6, 6.07) is 6.98. The molecule has 0 unspecified atom stereocenters. The van der Waals surface area contributed by atoms with Crippen molar-refractivity contribution in [3.63, 3.8) is 0 Å². The minimum absolute atomic E-state index is 0.00179. The van der Waals surface area contributed by atoms with E-state index >= 15 is 0 Å². The van der Waals surface area contributed by atoms with Gasteiger partial charge in [-0.3, -0.25) is 14.6 Å². The van der Waals surface area contributed by atoms with Crippen LogP contribution in [0.15, 0.2) is 42.7 Å². The minimum Gasteiger partial charge on any atom is -0.326 e. The van der Waals surface area contributed by atoms with E-state index < -0.39 is 11.7 Å². The molecule has 0 spiro atoms. The number of anilines is 2. The molecule has 0 aliphatic carbocycles. The van der Waals surface area contributed by atoms with E-state index in [0.717, 1.165) is 0 Å². The maximum Gasteiger partial charge on any atom is 0.255 e. The number of hydrogen-bond donors (Lipinski definition) is 2. The van der Waals surface area contributed by atoms with E-state index in [0.29, 0.717) is 11.3 Å². The zero-order chi connectivity index (χ0) is 14.5. The number of halogens is 1. The predicted octanol–water partition coefficient (Wildman–Crippen LogP) is 2.43. The van der Waals surface area contributed by atoms with Gasteiger partial charge in [0.15, 0.2) is 0 Å². The maximum absolute atomic E-state index is 13.6. The van der Waals surface area contributed by atoms with Crippen molar-refractivity contribution in [1.29, 1.82) is 0 Å². The third-order valence-corrected chi connectivity index (χ3v) is 2.48. The molecule has 20 heavy (non-hydrogen) atoms. The van der Waals surface area contributed by atoms with Crippen molar-refractivity contribution in [2.45, 2.75) is 6.92 Å².